The molecule has 4 aromatic rings. The predicted molar refractivity (Wildman–Crippen MR) is 159 cm³/mol. The zero-order valence-corrected chi connectivity index (χ0v) is 24.9. The molecule has 0 aliphatic rings. The average molecular weight is 674 g/mol. The molecule has 0 spiro atoms. The van der Waals surface area contributed by atoms with Crippen LogP contribution in [0.25, 0.3) is 11.3 Å². The average Bonchev–Trinajstić information content (AvgIpc) is 3.71. The third-order valence-electron chi connectivity index (χ3n) is 6.31. The van der Waals surface area contributed by atoms with E-state index in [1.54, 1.807) is 34.4 Å². The van der Waals surface area contributed by atoms with E-state index in [2.05, 4.69) is 52.2 Å². The Balaban J connectivity index is 1.22. The fraction of sp³-hybridized carbons (Fsp3) is 0.296. The molecule has 2 aromatic carbocycles. The largest absolute Gasteiger partial charge is 0.363 e. The molecule has 2 heterocycles. The summed E-state index contributed by atoms with van der Waals surface area (Å²) in [5.41, 5.74) is 5.95. The standard InChI is InChI=1S/C27H30BrFN10O5/c28-20-15-19(10-11-21(20)29)32-26(35-43)24-25(37-44-36-24)30-12-13-31-27(41)18-8-6-17(7-9-18)22-16-39(38-33-22)14-4-2-1-3-5-23(40)34-42/h6-11,15-16,42-43H,1-5,12-14H2,(H,30,37)(H,31,41)(H,32,35)(H,34,40). The minimum Gasteiger partial charge on any atom is -0.363 e. The van der Waals surface area contributed by atoms with E-state index in [4.69, 9.17) is 9.84 Å². The molecule has 0 radical (unpaired) electrons. The van der Waals surface area contributed by atoms with Gasteiger partial charge in [-0.1, -0.05) is 30.2 Å². The van der Waals surface area contributed by atoms with Crippen molar-refractivity contribution < 1.29 is 29.0 Å². The van der Waals surface area contributed by atoms with Crippen LogP contribution in [-0.4, -0.2) is 66.5 Å². The number of aryl methyl sites for hydroxylation is 1. The van der Waals surface area contributed by atoms with Gasteiger partial charge in [-0.05, 0) is 69.4 Å². The number of halogens is 2. The highest BCUT2D eigenvalue weighted by Gasteiger charge is 2.17. The predicted octanol–water partition coefficient (Wildman–Crippen LogP) is 3.58. The van der Waals surface area contributed by atoms with E-state index in [0.29, 0.717) is 36.3 Å². The number of carbonyl (C=O) groups is 2. The topological polar surface area (TPSA) is 205 Å². The molecule has 2 aromatic heterocycles. The van der Waals surface area contributed by atoms with Crippen molar-refractivity contribution in [3.05, 3.63) is 70.2 Å². The fourth-order valence-electron chi connectivity index (χ4n) is 4.03. The van der Waals surface area contributed by atoms with Crippen molar-refractivity contribution in [2.75, 3.05) is 18.4 Å². The number of aromatic nitrogens is 5. The van der Waals surface area contributed by atoms with Gasteiger partial charge in [0.1, 0.15) is 11.5 Å². The summed E-state index contributed by atoms with van der Waals surface area (Å²) in [4.78, 5) is 27.9. The van der Waals surface area contributed by atoms with Gasteiger partial charge in [0.15, 0.2) is 11.5 Å². The monoisotopic (exact) mass is 672 g/mol. The molecule has 0 bridgehead atoms. The van der Waals surface area contributed by atoms with Gasteiger partial charge >= 0.3 is 0 Å². The second kappa shape index (κ2) is 16.2. The van der Waals surface area contributed by atoms with Crippen LogP contribution in [0.3, 0.4) is 0 Å². The number of rotatable bonds is 15. The first kappa shape index (κ1) is 32.2. The molecule has 0 saturated carbocycles. The van der Waals surface area contributed by atoms with Gasteiger partial charge in [-0.15, -0.1) is 5.10 Å². The van der Waals surface area contributed by atoms with E-state index in [9.17, 15) is 19.2 Å². The Morgan fingerprint density at radius 1 is 1.00 bits per heavy atom. The molecule has 0 unspecified atom stereocenters. The molecule has 2 amide bonds. The summed E-state index contributed by atoms with van der Waals surface area (Å²) in [5, 5.41) is 39.7. The number of carbonyl (C=O) groups excluding carboxylic acids is 2. The highest BCUT2D eigenvalue weighted by molar-refractivity contribution is 9.10. The first-order chi connectivity index (χ1) is 21.4. The van der Waals surface area contributed by atoms with Crippen molar-refractivity contribution in [2.24, 2.45) is 4.99 Å². The first-order valence-electron chi connectivity index (χ1n) is 13.6. The second-order valence-corrected chi connectivity index (χ2v) is 10.3. The van der Waals surface area contributed by atoms with E-state index in [1.165, 1.54) is 18.2 Å². The molecule has 232 valence electrons. The molecule has 6 N–H and O–H groups in total. The number of benzene rings is 2. The lowest BCUT2D eigenvalue weighted by atomic mass is 10.1. The van der Waals surface area contributed by atoms with E-state index >= 15 is 0 Å². The molecule has 4 rings (SSSR count). The zero-order valence-electron chi connectivity index (χ0n) is 23.3. The Hall–Kier alpha value is -4.74. The number of aliphatic imine (C=N–C) groups is 1. The third kappa shape index (κ3) is 9.13. The summed E-state index contributed by atoms with van der Waals surface area (Å²) >= 11 is 3.08. The van der Waals surface area contributed by atoms with Gasteiger partial charge in [-0.25, -0.2) is 19.5 Å². The molecule has 17 heteroatoms. The number of anilines is 1. The SMILES string of the molecule is O=C(CCCCCCn1cc(-c2ccc(C(=O)NCCNc3nonc3C(=Nc3ccc(F)c(Br)c3)NO)cc2)nn1)NO. The highest BCUT2D eigenvalue weighted by atomic mass is 79.9. The van der Waals surface area contributed by atoms with Gasteiger partial charge < -0.3 is 10.6 Å². The van der Waals surface area contributed by atoms with Crippen LogP contribution in [0.15, 0.2) is 62.8 Å². The van der Waals surface area contributed by atoms with Gasteiger partial charge in [-0.3, -0.25) is 30.2 Å². The van der Waals surface area contributed by atoms with Crippen LogP contribution in [0.5, 0.6) is 0 Å². The lowest BCUT2D eigenvalue weighted by Gasteiger charge is -2.08. The molecule has 15 nitrogen and oxygen atoms in total. The molecule has 0 saturated heterocycles. The number of nitrogens with zero attached hydrogens (tertiary/aromatic N) is 6. The summed E-state index contributed by atoms with van der Waals surface area (Å²) in [6.07, 6.45) is 5.54. The smallest absolute Gasteiger partial charge is 0.251 e. The Morgan fingerprint density at radius 2 is 1.80 bits per heavy atom. The lowest BCUT2D eigenvalue weighted by Crippen LogP contribution is -2.29. The van der Waals surface area contributed by atoms with Crippen LogP contribution in [0.2, 0.25) is 0 Å². The Bertz CT molecular complexity index is 1580. The number of hydroxylamine groups is 2. The molecular formula is C27H30BrFN10O5. The van der Waals surface area contributed by atoms with Crippen molar-refractivity contribution in [3.8, 4) is 11.3 Å². The van der Waals surface area contributed by atoms with Crippen molar-refractivity contribution in [1.82, 2.24) is 41.6 Å². The van der Waals surface area contributed by atoms with Crippen LogP contribution in [0, 0.1) is 5.82 Å². The van der Waals surface area contributed by atoms with Crippen LogP contribution in [-0.2, 0) is 11.3 Å². The normalized spacial score (nSPS) is 11.3. The number of hydrogen-bond acceptors (Lipinski definition) is 11. The number of amidine groups is 1. The van der Waals surface area contributed by atoms with Crippen molar-refractivity contribution >= 4 is 45.1 Å². The fourth-order valence-corrected chi connectivity index (χ4v) is 4.40. The van der Waals surface area contributed by atoms with Crippen LogP contribution in [0.4, 0.5) is 15.9 Å². The summed E-state index contributed by atoms with van der Waals surface area (Å²) in [7, 11) is 0. The minimum atomic E-state index is -0.458. The molecule has 0 atom stereocenters. The molecule has 44 heavy (non-hydrogen) atoms. The quantitative estimate of drug-likeness (QED) is 0.0354. The number of unbranched alkanes of at least 4 members (excludes halogenated alkanes) is 3. The maximum Gasteiger partial charge on any atom is 0.251 e. The summed E-state index contributed by atoms with van der Waals surface area (Å²) in [6.45, 7) is 1.18. The van der Waals surface area contributed by atoms with Crippen molar-refractivity contribution in [2.45, 2.75) is 38.6 Å². The van der Waals surface area contributed by atoms with Gasteiger partial charge in [0.2, 0.25) is 11.7 Å². The van der Waals surface area contributed by atoms with Gasteiger partial charge in [-0.2, -0.15) is 0 Å². The Morgan fingerprint density at radius 3 is 2.55 bits per heavy atom. The van der Waals surface area contributed by atoms with Crippen molar-refractivity contribution in [1.29, 1.82) is 0 Å². The number of amides is 2. The van der Waals surface area contributed by atoms with E-state index < -0.39 is 5.82 Å². The zero-order chi connectivity index (χ0) is 31.3. The molecule has 0 aliphatic carbocycles. The number of nitrogens with one attached hydrogen (secondary N) is 4. The van der Waals surface area contributed by atoms with Gasteiger partial charge in [0.25, 0.3) is 5.91 Å². The number of hydrogen-bond donors (Lipinski definition) is 6. The van der Waals surface area contributed by atoms with Gasteiger partial charge in [0.05, 0.1) is 16.4 Å². The van der Waals surface area contributed by atoms with Gasteiger partial charge in [0, 0.05) is 37.2 Å². The van der Waals surface area contributed by atoms with E-state index in [-0.39, 0.29) is 46.7 Å². The Kier molecular flexibility index (Phi) is 11.8. The minimum absolute atomic E-state index is 0.0801. The van der Waals surface area contributed by atoms with Crippen LogP contribution in [0.1, 0.15) is 48.2 Å². The van der Waals surface area contributed by atoms with E-state index in [0.717, 1.165) is 24.8 Å². The first-order valence-corrected chi connectivity index (χ1v) is 14.4. The summed E-state index contributed by atoms with van der Waals surface area (Å²) < 4.78 is 20.2. The third-order valence-corrected chi connectivity index (χ3v) is 6.92. The summed E-state index contributed by atoms with van der Waals surface area (Å²) in [5.74, 6) is -1.03. The summed E-state index contributed by atoms with van der Waals surface area (Å²) in [6, 6.07) is 11.0. The van der Waals surface area contributed by atoms with E-state index in [1.807, 2.05) is 11.7 Å². The lowest BCUT2D eigenvalue weighted by molar-refractivity contribution is -0.129. The molecule has 0 aliphatic heterocycles. The van der Waals surface area contributed by atoms with Crippen molar-refractivity contribution in [3.63, 3.8) is 0 Å². The van der Waals surface area contributed by atoms with Crippen LogP contribution >= 0.6 is 15.9 Å². The molecule has 0 fully saturated rings. The van der Waals surface area contributed by atoms with Crippen LogP contribution < -0.4 is 21.6 Å². The maximum atomic E-state index is 13.5. The maximum absolute atomic E-state index is 13.5. The molecular weight excluding hydrogens is 643 g/mol. The second-order valence-electron chi connectivity index (χ2n) is 9.46. The highest BCUT2D eigenvalue weighted by Crippen LogP contribution is 2.23. The Labute approximate surface area is 258 Å².